The van der Waals surface area contributed by atoms with Crippen molar-refractivity contribution in [1.29, 1.82) is 0 Å². The molecule has 0 bridgehead atoms. The Labute approximate surface area is 125 Å². The molecular weight excluding hydrogens is 244 g/mol. The summed E-state index contributed by atoms with van der Waals surface area (Å²) in [5, 5.41) is 0. The molecule has 1 aromatic rings. The highest BCUT2D eigenvalue weighted by Gasteiger charge is 2.12. The van der Waals surface area contributed by atoms with Crippen molar-refractivity contribution in [3.8, 4) is 5.75 Å². The van der Waals surface area contributed by atoms with Crippen LogP contribution in [0.3, 0.4) is 0 Å². The van der Waals surface area contributed by atoms with Gasteiger partial charge in [-0.05, 0) is 48.3 Å². The molecule has 1 unspecified atom stereocenters. The summed E-state index contributed by atoms with van der Waals surface area (Å²) in [5.74, 6) is 2.66. The maximum Gasteiger partial charge on any atom is 0.122 e. The lowest BCUT2D eigenvalue weighted by Crippen LogP contribution is -2.07. The zero-order valence-corrected chi connectivity index (χ0v) is 13.9. The first-order valence-electron chi connectivity index (χ1n) is 7.83. The third kappa shape index (κ3) is 5.03. The second-order valence-electron chi connectivity index (χ2n) is 6.36. The van der Waals surface area contributed by atoms with E-state index in [1.807, 2.05) is 0 Å². The Balaban J connectivity index is 2.94. The van der Waals surface area contributed by atoms with E-state index >= 15 is 0 Å². The van der Waals surface area contributed by atoms with Crippen molar-refractivity contribution in [2.24, 2.45) is 5.92 Å². The highest BCUT2D eigenvalue weighted by Crippen LogP contribution is 2.31. The Kier molecular flexibility index (Phi) is 6.84. The molecule has 1 atom stereocenters. The summed E-state index contributed by atoms with van der Waals surface area (Å²) in [6.45, 7) is 14.0. The Morgan fingerprint density at radius 1 is 1.10 bits per heavy atom. The zero-order valence-electron chi connectivity index (χ0n) is 13.9. The van der Waals surface area contributed by atoms with Crippen molar-refractivity contribution < 1.29 is 4.74 Å². The molecule has 0 aromatic heterocycles. The molecule has 0 radical (unpaired) electrons. The van der Waals surface area contributed by atoms with Gasteiger partial charge in [0.25, 0.3) is 0 Å². The fourth-order valence-electron chi connectivity index (χ4n) is 2.19. The molecule has 0 N–H and O–H groups in total. The lowest BCUT2D eigenvalue weighted by Gasteiger charge is -2.18. The van der Waals surface area contributed by atoms with Gasteiger partial charge < -0.3 is 4.74 Å². The minimum atomic E-state index is 0.492. The van der Waals surface area contributed by atoms with Gasteiger partial charge in [0, 0.05) is 0 Å². The summed E-state index contributed by atoms with van der Waals surface area (Å²) in [5.41, 5.74) is 2.74. The van der Waals surface area contributed by atoms with E-state index in [4.69, 9.17) is 4.74 Å². The van der Waals surface area contributed by atoms with Crippen LogP contribution in [0, 0.1) is 5.92 Å². The van der Waals surface area contributed by atoms with Crippen LogP contribution in [0.4, 0.5) is 0 Å². The molecule has 0 saturated carbocycles. The van der Waals surface area contributed by atoms with Crippen LogP contribution in [0.15, 0.2) is 30.4 Å². The maximum atomic E-state index is 5.96. The van der Waals surface area contributed by atoms with Crippen LogP contribution in [-0.4, -0.2) is 6.61 Å². The molecule has 0 saturated heterocycles. The summed E-state index contributed by atoms with van der Waals surface area (Å²) in [6, 6.07) is 6.70. The van der Waals surface area contributed by atoms with Crippen LogP contribution in [0.25, 0.3) is 0 Å². The predicted molar refractivity (Wildman–Crippen MR) is 88.7 cm³/mol. The molecule has 0 heterocycles. The van der Waals surface area contributed by atoms with Gasteiger partial charge in [-0.15, -0.1) is 0 Å². The molecule has 1 rings (SSSR count). The molecule has 1 aromatic carbocycles. The van der Waals surface area contributed by atoms with Crippen molar-refractivity contribution in [2.45, 2.75) is 59.8 Å². The molecular formula is C19H30O. The van der Waals surface area contributed by atoms with E-state index in [-0.39, 0.29) is 0 Å². The largest absolute Gasteiger partial charge is 0.493 e. The van der Waals surface area contributed by atoms with E-state index in [2.05, 4.69) is 71.9 Å². The Morgan fingerprint density at radius 2 is 1.80 bits per heavy atom. The third-order valence-electron chi connectivity index (χ3n) is 3.52. The van der Waals surface area contributed by atoms with E-state index in [0.717, 1.165) is 18.8 Å². The molecule has 0 spiro atoms. The van der Waals surface area contributed by atoms with Gasteiger partial charge in [0.1, 0.15) is 5.75 Å². The summed E-state index contributed by atoms with van der Waals surface area (Å²) < 4.78 is 5.96. The minimum Gasteiger partial charge on any atom is -0.493 e. The van der Waals surface area contributed by atoms with Crippen LogP contribution in [0.5, 0.6) is 5.75 Å². The van der Waals surface area contributed by atoms with Crippen molar-refractivity contribution in [1.82, 2.24) is 0 Å². The molecule has 20 heavy (non-hydrogen) atoms. The fraction of sp³-hybridized carbons (Fsp3) is 0.579. The molecule has 0 aliphatic heterocycles. The second-order valence-corrected chi connectivity index (χ2v) is 6.36. The molecule has 1 heteroatoms. The Morgan fingerprint density at radius 3 is 2.35 bits per heavy atom. The SMILES string of the molecule is C/C=C\CC(C)c1ccc(OCC(C)C)c(C(C)C)c1. The monoisotopic (exact) mass is 274 g/mol. The van der Waals surface area contributed by atoms with Crippen LogP contribution in [-0.2, 0) is 0 Å². The predicted octanol–water partition coefficient (Wildman–Crippen LogP) is 5.91. The van der Waals surface area contributed by atoms with Gasteiger partial charge in [-0.25, -0.2) is 0 Å². The number of benzene rings is 1. The number of allylic oxidation sites excluding steroid dienone is 2. The van der Waals surface area contributed by atoms with E-state index in [1.165, 1.54) is 11.1 Å². The van der Waals surface area contributed by atoms with E-state index in [9.17, 15) is 0 Å². The van der Waals surface area contributed by atoms with Gasteiger partial charge in [-0.3, -0.25) is 0 Å². The quantitative estimate of drug-likeness (QED) is 0.561. The van der Waals surface area contributed by atoms with Crippen molar-refractivity contribution >= 4 is 0 Å². The molecule has 1 nitrogen and oxygen atoms in total. The normalized spacial score (nSPS) is 13.4. The lowest BCUT2D eigenvalue weighted by atomic mass is 9.92. The first kappa shape index (κ1) is 16.8. The van der Waals surface area contributed by atoms with Gasteiger partial charge in [-0.1, -0.05) is 58.9 Å². The Hall–Kier alpha value is -1.24. The van der Waals surface area contributed by atoms with E-state index in [1.54, 1.807) is 0 Å². The third-order valence-corrected chi connectivity index (χ3v) is 3.52. The average Bonchev–Trinajstić information content (AvgIpc) is 2.42. The van der Waals surface area contributed by atoms with Gasteiger partial charge in [0.05, 0.1) is 6.61 Å². The summed E-state index contributed by atoms with van der Waals surface area (Å²) in [4.78, 5) is 0. The molecule has 0 amide bonds. The molecule has 0 fully saturated rings. The van der Waals surface area contributed by atoms with Gasteiger partial charge in [0.15, 0.2) is 0 Å². The van der Waals surface area contributed by atoms with Crippen LogP contribution in [0.2, 0.25) is 0 Å². The number of hydrogen-bond donors (Lipinski definition) is 0. The van der Waals surface area contributed by atoms with Crippen molar-refractivity contribution in [3.63, 3.8) is 0 Å². The summed E-state index contributed by atoms with van der Waals surface area (Å²) >= 11 is 0. The molecule has 112 valence electrons. The van der Waals surface area contributed by atoms with E-state index in [0.29, 0.717) is 17.8 Å². The highest BCUT2D eigenvalue weighted by molar-refractivity contribution is 5.40. The van der Waals surface area contributed by atoms with Crippen LogP contribution in [0.1, 0.15) is 70.9 Å². The molecule has 0 aliphatic carbocycles. The Bertz CT molecular complexity index is 429. The number of rotatable bonds is 7. The van der Waals surface area contributed by atoms with E-state index < -0.39 is 0 Å². The summed E-state index contributed by atoms with van der Waals surface area (Å²) in [7, 11) is 0. The van der Waals surface area contributed by atoms with Gasteiger partial charge in [0.2, 0.25) is 0 Å². The van der Waals surface area contributed by atoms with Crippen molar-refractivity contribution in [2.75, 3.05) is 6.61 Å². The number of ether oxygens (including phenoxy) is 1. The first-order valence-corrected chi connectivity index (χ1v) is 7.83. The van der Waals surface area contributed by atoms with Gasteiger partial charge >= 0.3 is 0 Å². The lowest BCUT2D eigenvalue weighted by molar-refractivity contribution is 0.267. The first-order chi connectivity index (χ1) is 9.45. The fourth-order valence-corrected chi connectivity index (χ4v) is 2.19. The van der Waals surface area contributed by atoms with Crippen LogP contribution < -0.4 is 4.74 Å². The second kappa shape index (κ2) is 8.14. The highest BCUT2D eigenvalue weighted by atomic mass is 16.5. The topological polar surface area (TPSA) is 9.23 Å². The smallest absolute Gasteiger partial charge is 0.122 e. The zero-order chi connectivity index (χ0) is 15.1. The van der Waals surface area contributed by atoms with Crippen molar-refractivity contribution in [3.05, 3.63) is 41.5 Å². The van der Waals surface area contributed by atoms with Gasteiger partial charge in [-0.2, -0.15) is 0 Å². The van der Waals surface area contributed by atoms with Crippen LogP contribution >= 0.6 is 0 Å². The molecule has 0 aliphatic rings. The summed E-state index contributed by atoms with van der Waals surface area (Å²) in [6.07, 6.45) is 5.46. The number of hydrogen-bond acceptors (Lipinski definition) is 1. The maximum absolute atomic E-state index is 5.96. The minimum absolute atomic E-state index is 0.492. The average molecular weight is 274 g/mol. The standard InChI is InChI=1S/C19H30O/c1-7-8-9-16(6)17-10-11-19(20-13-14(2)3)18(12-17)15(4)5/h7-8,10-12,14-16H,9,13H2,1-6H3/b8-7-.